The van der Waals surface area contributed by atoms with Gasteiger partial charge in [-0.3, -0.25) is 19.7 Å². The van der Waals surface area contributed by atoms with Crippen molar-refractivity contribution >= 4 is 34.9 Å². The summed E-state index contributed by atoms with van der Waals surface area (Å²) in [4.78, 5) is 47.6. The van der Waals surface area contributed by atoms with Gasteiger partial charge in [-0.05, 0) is 49.2 Å². The molecule has 0 aliphatic heterocycles. The molecule has 37 heavy (non-hydrogen) atoms. The lowest BCUT2D eigenvalue weighted by molar-refractivity contribution is -0.385. The molecule has 11 heteroatoms. The molecule has 0 saturated carbocycles. The summed E-state index contributed by atoms with van der Waals surface area (Å²) < 4.78 is 10.6. The van der Waals surface area contributed by atoms with Crippen molar-refractivity contribution in [2.75, 3.05) is 12.4 Å². The lowest BCUT2D eigenvalue weighted by atomic mass is 10.1. The van der Waals surface area contributed by atoms with Crippen LogP contribution in [0.5, 0.6) is 11.5 Å². The molecule has 0 atom stereocenters. The van der Waals surface area contributed by atoms with Gasteiger partial charge in [0.15, 0.2) is 11.5 Å². The number of carbonyl (C=O) groups is 3. The van der Waals surface area contributed by atoms with Crippen molar-refractivity contribution < 1.29 is 28.8 Å². The number of hydrogen-bond donors (Lipinski definition) is 2. The highest BCUT2D eigenvalue weighted by atomic mass is 16.6. The number of anilines is 1. The normalized spacial score (nSPS) is 10.8. The third kappa shape index (κ3) is 6.54. The summed E-state index contributed by atoms with van der Waals surface area (Å²) in [5.41, 5.74) is 3.88. The molecule has 0 bridgehead atoms. The molecule has 3 aromatic carbocycles. The SMILES string of the molecule is CCc1ccccc1NC(=O)C(=O)N/N=C(\C)c1ccc(OC(=O)c2ccccc2[N+](=O)[O-])c(OC)c1. The molecule has 190 valence electrons. The number of amides is 2. The van der Waals surface area contributed by atoms with E-state index < -0.39 is 22.7 Å². The fraction of sp³-hybridized carbons (Fsp3) is 0.154. The lowest BCUT2D eigenvalue weighted by Crippen LogP contribution is -2.33. The summed E-state index contributed by atoms with van der Waals surface area (Å²) in [6, 6.07) is 17.1. The number of para-hydroxylation sites is 2. The first-order chi connectivity index (χ1) is 17.7. The van der Waals surface area contributed by atoms with Gasteiger partial charge < -0.3 is 14.8 Å². The fourth-order valence-electron chi connectivity index (χ4n) is 3.32. The number of nitro benzene ring substituents is 1. The average Bonchev–Trinajstić information content (AvgIpc) is 2.91. The maximum atomic E-state index is 12.5. The summed E-state index contributed by atoms with van der Waals surface area (Å²) in [7, 11) is 1.36. The van der Waals surface area contributed by atoms with Gasteiger partial charge in [0.05, 0.1) is 17.7 Å². The van der Waals surface area contributed by atoms with Crippen molar-refractivity contribution in [1.82, 2.24) is 5.43 Å². The third-order valence-electron chi connectivity index (χ3n) is 5.28. The van der Waals surface area contributed by atoms with Crippen LogP contribution >= 0.6 is 0 Å². The molecule has 11 nitrogen and oxygen atoms in total. The summed E-state index contributed by atoms with van der Waals surface area (Å²) in [6.45, 7) is 3.53. The second kappa shape index (κ2) is 12.1. The van der Waals surface area contributed by atoms with E-state index in [0.29, 0.717) is 23.4 Å². The van der Waals surface area contributed by atoms with E-state index in [2.05, 4.69) is 15.8 Å². The average molecular weight is 504 g/mol. The Kier molecular flexibility index (Phi) is 8.66. The number of carbonyl (C=O) groups excluding carboxylic acids is 3. The van der Waals surface area contributed by atoms with Crippen molar-refractivity contribution in [1.29, 1.82) is 0 Å². The zero-order chi connectivity index (χ0) is 26.9. The Bertz CT molecular complexity index is 1380. The number of ether oxygens (including phenoxy) is 2. The first-order valence-corrected chi connectivity index (χ1v) is 11.1. The zero-order valence-electron chi connectivity index (χ0n) is 20.3. The number of nitro groups is 1. The molecule has 0 aromatic heterocycles. The number of methoxy groups -OCH3 is 1. The molecule has 0 aliphatic rings. The number of esters is 1. The maximum Gasteiger partial charge on any atom is 0.350 e. The van der Waals surface area contributed by atoms with Crippen LogP contribution in [0.4, 0.5) is 11.4 Å². The van der Waals surface area contributed by atoms with Gasteiger partial charge in [0.2, 0.25) is 0 Å². The maximum absolute atomic E-state index is 12.5. The fourth-order valence-corrected chi connectivity index (χ4v) is 3.32. The predicted octanol–water partition coefficient (Wildman–Crippen LogP) is 3.86. The summed E-state index contributed by atoms with van der Waals surface area (Å²) >= 11 is 0. The van der Waals surface area contributed by atoms with Gasteiger partial charge in [-0.15, -0.1) is 0 Å². The molecular formula is C26H24N4O7. The van der Waals surface area contributed by atoms with Crippen LogP contribution in [0.1, 0.15) is 35.3 Å². The number of nitrogens with zero attached hydrogens (tertiary/aromatic N) is 2. The Morgan fingerprint density at radius 3 is 2.38 bits per heavy atom. The number of hydrazone groups is 1. The van der Waals surface area contributed by atoms with Gasteiger partial charge in [-0.2, -0.15) is 5.10 Å². The number of hydrogen-bond acceptors (Lipinski definition) is 8. The quantitative estimate of drug-likeness (QED) is 0.118. The standard InChI is InChI=1S/C26H24N4O7/c1-4-17-9-5-7-11-20(17)27-24(31)25(32)29-28-16(2)18-13-14-22(23(15-18)36-3)37-26(33)19-10-6-8-12-21(19)30(34)35/h5-15H,4H2,1-3H3,(H,27,31)(H,29,32)/b28-16+. The second-order valence-electron chi connectivity index (χ2n) is 7.63. The van der Waals surface area contributed by atoms with Crippen LogP contribution in [-0.2, 0) is 16.0 Å². The van der Waals surface area contributed by atoms with Gasteiger partial charge in [0, 0.05) is 17.3 Å². The van der Waals surface area contributed by atoms with Crippen LogP contribution < -0.4 is 20.2 Å². The van der Waals surface area contributed by atoms with Crippen LogP contribution in [0.2, 0.25) is 0 Å². The lowest BCUT2D eigenvalue weighted by Gasteiger charge is -2.11. The number of rotatable bonds is 8. The molecule has 3 aromatic rings. The van der Waals surface area contributed by atoms with Crippen molar-refractivity contribution in [3.8, 4) is 11.5 Å². The molecule has 0 spiro atoms. The molecule has 0 aliphatic carbocycles. The zero-order valence-corrected chi connectivity index (χ0v) is 20.3. The van der Waals surface area contributed by atoms with Crippen molar-refractivity contribution in [3.05, 3.63) is 93.5 Å². The first kappa shape index (κ1) is 26.5. The minimum atomic E-state index is -0.952. The predicted molar refractivity (Wildman–Crippen MR) is 136 cm³/mol. The van der Waals surface area contributed by atoms with E-state index in [-0.39, 0.29) is 22.7 Å². The Balaban J connectivity index is 1.71. The van der Waals surface area contributed by atoms with Gasteiger partial charge in [0.25, 0.3) is 5.69 Å². The minimum Gasteiger partial charge on any atom is -0.493 e. The van der Waals surface area contributed by atoms with E-state index in [4.69, 9.17) is 9.47 Å². The van der Waals surface area contributed by atoms with E-state index in [1.54, 1.807) is 25.1 Å². The van der Waals surface area contributed by atoms with Crippen molar-refractivity contribution in [2.24, 2.45) is 5.10 Å². The van der Waals surface area contributed by atoms with Crippen LogP contribution in [-0.4, -0.2) is 35.5 Å². The van der Waals surface area contributed by atoms with Crippen LogP contribution in [0.25, 0.3) is 0 Å². The summed E-state index contributed by atoms with van der Waals surface area (Å²) in [6.07, 6.45) is 0.685. The molecular weight excluding hydrogens is 480 g/mol. The first-order valence-electron chi connectivity index (χ1n) is 11.1. The molecule has 3 rings (SSSR count). The number of nitrogens with one attached hydrogen (secondary N) is 2. The van der Waals surface area contributed by atoms with E-state index in [9.17, 15) is 24.5 Å². The Morgan fingerprint density at radius 2 is 1.68 bits per heavy atom. The highest BCUT2D eigenvalue weighted by Crippen LogP contribution is 2.30. The molecule has 2 N–H and O–H groups in total. The molecule has 0 saturated heterocycles. The van der Waals surface area contributed by atoms with Crippen LogP contribution in [0.15, 0.2) is 71.8 Å². The highest BCUT2D eigenvalue weighted by molar-refractivity contribution is 6.39. The monoisotopic (exact) mass is 504 g/mol. The second-order valence-corrected chi connectivity index (χ2v) is 7.63. The largest absolute Gasteiger partial charge is 0.493 e. The molecule has 0 heterocycles. The Labute approximate surface area is 212 Å². The molecule has 0 unspecified atom stereocenters. The van der Waals surface area contributed by atoms with Crippen molar-refractivity contribution in [2.45, 2.75) is 20.3 Å². The van der Waals surface area contributed by atoms with E-state index >= 15 is 0 Å². The van der Waals surface area contributed by atoms with E-state index in [0.717, 1.165) is 5.56 Å². The van der Waals surface area contributed by atoms with Gasteiger partial charge >= 0.3 is 17.8 Å². The van der Waals surface area contributed by atoms with Crippen molar-refractivity contribution in [3.63, 3.8) is 0 Å². The summed E-state index contributed by atoms with van der Waals surface area (Å²) in [5.74, 6) is -2.56. The highest BCUT2D eigenvalue weighted by Gasteiger charge is 2.22. The molecule has 0 fully saturated rings. The number of aryl methyl sites for hydroxylation is 1. The number of benzene rings is 3. The molecule has 0 radical (unpaired) electrons. The molecule has 2 amide bonds. The third-order valence-corrected chi connectivity index (χ3v) is 5.28. The van der Waals surface area contributed by atoms with E-state index in [1.807, 2.05) is 19.1 Å². The van der Waals surface area contributed by atoms with Crippen LogP contribution in [0, 0.1) is 10.1 Å². The smallest absolute Gasteiger partial charge is 0.350 e. The summed E-state index contributed by atoms with van der Waals surface area (Å²) in [5, 5.41) is 17.7. The Morgan fingerprint density at radius 1 is 0.973 bits per heavy atom. The van der Waals surface area contributed by atoms with Gasteiger partial charge in [-0.25, -0.2) is 10.2 Å². The van der Waals surface area contributed by atoms with E-state index in [1.165, 1.54) is 43.5 Å². The topological polar surface area (TPSA) is 149 Å². The van der Waals surface area contributed by atoms with Gasteiger partial charge in [-0.1, -0.05) is 37.3 Å². The van der Waals surface area contributed by atoms with Gasteiger partial charge in [0.1, 0.15) is 5.56 Å². The van der Waals surface area contributed by atoms with Crippen LogP contribution in [0.3, 0.4) is 0 Å². The Hall–Kier alpha value is -5.06. The minimum absolute atomic E-state index is 0.0280.